The lowest BCUT2D eigenvalue weighted by molar-refractivity contribution is -0.151. The highest BCUT2D eigenvalue weighted by molar-refractivity contribution is 8.01. The molecule has 0 spiro atoms. The van der Waals surface area contributed by atoms with Crippen LogP contribution in [0.2, 0.25) is 0 Å². The lowest BCUT2D eigenvalue weighted by atomic mass is 10.0. The Bertz CT molecular complexity index is 2590. The van der Waals surface area contributed by atoms with E-state index in [4.69, 9.17) is 24.8 Å². The van der Waals surface area contributed by atoms with Crippen LogP contribution in [0.3, 0.4) is 0 Å². The van der Waals surface area contributed by atoms with Crippen molar-refractivity contribution in [2.24, 2.45) is 5.16 Å². The van der Waals surface area contributed by atoms with Gasteiger partial charge in [0.25, 0.3) is 23.4 Å². The minimum Gasteiger partial charge on any atom is -0.478 e. The van der Waals surface area contributed by atoms with Crippen molar-refractivity contribution in [1.29, 1.82) is 0 Å². The maximum Gasteiger partial charge on any atom is 0.375 e. The highest BCUT2D eigenvalue weighted by Gasteiger charge is 2.54. The number of nitrogen functional groups attached to an aromatic ring is 1. The number of nitrogens with two attached hydrogens (primary N) is 1. The summed E-state index contributed by atoms with van der Waals surface area (Å²) >= 11 is 3.13. The number of esters is 3. The van der Waals surface area contributed by atoms with Crippen molar-refractivity contribution in [2.45, 2.75) is 50.2 Å². The molecule has 2 amide bonds. The number of anilines is 1. The van der Waals surface area contributed by atoms with Crippen molar-refractivity contribution >= 4 is 99.1 Å². The molecule has 2 aliphatic rings. The van der Waals surface area contributed by atoms with Gasteiger partial charge in [-0.1, -0.05) is 5.16 Å². The van der Waals surface area contributed by atoms with Gasteiger partial charge in [-0.3, -0.25) is 28.9 Å². The fraction of sp³-hybridized carbons (Fsp3) is 0.265. The summed E-state index contributed by atoms with van der Waals surface area (Å²) in [5.74, 6) is -11.2. The van der Waals surface area contributed by atoms with E-state index in [1.807, 2.05) is 0 Å². The van der Waals surface area contributed by atoms with Crippen molar-refractivity contribution in [3.05, 3.63) is 57.6 Å². The number of aromatic carboxylic acids is 1. The Kier molecular flexibility index (Phi) is 12.5. The number of carbonyl (C=O) groups is 8. The third-order valence-corrected chi connectivity index (χ3v) is 11.2. The zero-order chi connectivity index (χ0) is 44.4. The molecular formula is C34H29N9O15S3. The van der Waals surface area contributed by atoms with Gasteiger partial charge in [0.1, 0.15) is 27.8 Å². The van der Waals surface area contributed by atoms with Gasteiger partial charge in [0.15, 0.2) is 22.3 Å². The van der Waals surface area contributed by atoms with Crippen LogP contribution in [0.4, 0.5) is 5.13 Å². The molecule has 27 heteroatoms. The summed E-state index contributed by atoms with van der Waals surface area (Å²) in [6.07, 6.45) is -2.13. The van der Waals surface area contributed by atoms with E-state index in [2.05, 4.69) is 30.5 Å². The van der Waals surface area contributed by atoms with Crippen LogP contribution >= 0.6 is 34.9 Å². The predicted molar refractivity (Wildman–Crippen MR) is 208 cm³/mol. The Morgan fingerprint density at radius 3 is 2.18 bits per heavy atom. The molecule has 1 unspecified atom stereocenters. The topological polar surface area (TPSA) is 344 Å². The Morgan fingerprint density at radius 2 is 1.62 bits per heavy atom. The number of aliphatic carboxylic acids is 2. The molecule has 2 aliphatic heterocycles. The van der Waals surface area contributed by atoms with E-state index in [9.17, 15) is 53.7 Å². The number of nitrogens with one attached hydrogen (secondary N) is 1. The first-order valence-corrected chi connectivity index (χ1v) is 20.0. The molecule has 1 aromatic carbocycles. The Morgan fingerprint density at radius 1 is 0.967 bits per heavy atom. The van der Waals surface area contributed by atoms with Gasteiger partial charge in [-0.25, -0.2) is 24.4 Å². The standard InChI is InChI=1S/C34H29N9O15S3/c1-11-5-20(43-34(36-11)39-26(40-43)32(53)54)59-8-16-9-60-29-22(28(48)42(29)23(16)30(49)50)38-27(47)21(17-10-61-33(35)37-17)41-58-24(31(51)52)15-6-18(55-12(2)44)25(57-14(4)46)19(7-15)56-13(3)45/h5-7,10,22,24,29H,8-9H2,1-4H3,(H2,35,37)(H,38,47)(H,49,50)(H,51,52)(H,53,54)/t22-,24?,29-/m1/s1. The fourth-order valence-electron chi connectivity index (χ4n) is 5.72. The third kappa shape index (κ3) is 9.36. The number of carboxylic acids is 3. The first kappa shape index (κ1) is 43.4. The molecule has 0 radical (unpaired) electrons. The summed E-state index contributed by atoms with van der Waals surface area (Å²) in [5, 5.41) is 40.7. The molecule has 0 aliphatic carbocycles. The monoisotopic (exact) mass is 899 g/mol. The Labute approximate surface area is 353 Å². The zero-order valence-electron chi connectivity index (χ0n) is 31.6. The van der Waals surface area contributed by atoms with Crippen LogP contribution in [0.25, 0.3) is 5.78 Å². The van der Waals surface area contributed by atoms with E-state index in [1.54, 1.807) is 13.0 Å². The lowest BCUT2D eigenvalue weighted by Gasteiger charge is -2.49. The van der Waals surface area contributed by atoms with Gasteiger partial charge >= 0.3 is 35.8 Å². The molecule has 5 heterocycles. The number of fused-ring (bicyclic) bond motifs is 2. The normalized spacial score (nSPS) is 16.6. The number of aromatic nitrogens is 5. The number of aryl methyl sites for hydroxylation is 1. The van der Waals surface area contributed by atoms with Crippen LogP contribution in [-0.4, -0.2) is 121 Å². The largest absolute Gasteiger partial charge is 0.478 e. The minimum atomic E-state index is -2.13. The number of thioether (sulfide) groups is 2. The van der Waals surface area contributed by atoms with E-state index in [0.29, 0.717) is 16.3 Å². The number of amides is 2. The van der Waals surface area contributed by atoms with Crippen LogP contribution in [0.15, 0.2) is 45.0 Å². The number of carboxylic acid groups (broad SMARTS) is 3. The molecule has 3 aromatic heterocycles. The number of benzene rings is 1. The summed E-state index contributed by atoms with van der Waals surface area (Å²) in [7, 11) is 0. The highest BCUT2D eigenvalue weighted by Crippen LogP contribution is 2.43. The van der Waals surface area contributed by atoms with E-state index in [-0.39, 0.29) is 39.4 Å². The number of carbonyl (C=O) groups excluding carboxylic acids is 5. The van der Waals surface area contributed by atoms with Gasteiger partial charge in [-0.05, 0) is 30.7 Å². The molecule has 4 aromatic rings. The quantitative estimate of drug-likeness (QED) is 0.0211. The van der Waals surface area contributed by atoms with Crippen molar-refractivity contribution in [2.75, 3.05) is 17.2 Å². The molecule has 1 fully saturated rings. The molecule has 6 rings (SSSR count). The van der Waals surface area contributed by atoms with Crippen molar-refractivity contribution < 1.29 is 72.7 Å². The Balaban J connectivity index is 1.26. The van der Waals surface area contributed by atoms with Crippen LogP contribution in [-0.2, 0) is 38.4 Å². The van der Waals surface area contributed by atoms with Crippen LogP contribution in [0, 0.1) is 6.92 Å². The maximum absolute atomic E-state index is 13.8. The van der Waals surface area contributed by atoms with Crippen LogP contribution in [0.5, 0.6) is 17.2 Å². The van der Waals surface area contributed by atoms with Crippen LogP contribution < -0.4 is 25.3 Å². The lowest BCUT2D eigenvalue weighted by Crippen LogP contribution is -2.71. The van der Waals surface area contributed by atoms with Crippen molar-refractivity contribution in [3.8, 4) is 17.2 Å². The minimum absolute atomic E-state index is 0.0192. The van der Waals surface area contributed by atoms with Crippen LogP contribution in [0.1, 0.15) is 54.4 Å². The highest BCUT2D eigenvalue weighted by atomic mass is 32.2. The summed E-state index contributed by atoms with van der Waals surface area (Å²) in [4.78, 5) is 118. The van der Waals surface area contributed by atoms with Gasteiger partial charge in [0, 0.05) is 48.9 Å². The van der Waals surface area contributed by atoms with E-state index in [1.165, 1.54) is 9.90 Å². The van der Waals surface area contributed by atoms with Crippen molar-refractivity contribution in [3.63, 3.8) is 0 Å². The molecule has 0 bridgehead atoms. The average Bonchev–Trinajstić information content (AvgIpc) is 3.80. The van der Waals surface area contributed by atoms with Gasteiger partial charge < -0.3 is 45.4 Å². The molecule has 61 heavy (non-hydrogen) atoms. The number of nitrogens with zero attached hydrogens (tertiary/aromatic N) is 7. The summed E-state index contributed by atoms with van der Waals surface area (Å²) in [6.45, 7) is 4.64. The molecule has 24 nitrogen and oxygen atoms in total. The van der Waals surface area contributed by atoms with E-state index >= 15 is 0 Å². The first-order valence-electron chi connectivity index (χ1n) is 17.0. The van der Waals surface area contributed by atoms with Gasteiger partial charge in [0.2, 0.25) is 11.9 Å². The number of hydrogen-bond acceptors (Lipinski definition) is 21. The molecular weight excluding hydrogens is 871 g/mol. The van der Waals surface area contributed by atoms with Gasteiger partial charge in [-0.2, -0.15) is 9.50 Å². The van der Waals surface area contributed by atoms with E-state index < -0.39 is 93.9 Å². The summed E-state index contributed by atoms with van der Waals surface area (Å²) in [5.41, 5.74) is 5.05. The number of ether oxygens (including phenoxy) is 3. The zero-order valence-corrected chi connectivity index (χ0v) is 34.1. The number of oxime groups is 1. The Hall–Kier alpha value is -7.13. The summed E-state index contributed by atoms with van der Waals surface area (Å²) < 4.78 is 16.5. The third-order valence-electron chi connectivity index (χ3n) is 8.08. The average molecular weight is 900 g/mol. The second kappa shape index (κ2) is 17.6. The number of rotatable bonds is 15. The molecule has 6 N–H and O–H groups in total. The second-order valence-corrected chi connectivity index (χ2v) is 15.5. The number of hydrogen-bond donors (Lipinski definition) is 5. The van der Waals surface area contributed by atoms with E-state index in [0.717, 1.165) is 72.7 Å². The van der Waals surface area contributed by atoms with Crippen molar-refractivity contribution in [1.82, 2.24) is 34.8 Å². The maximum atomic E-state index is 13.8. The van der Waals surface area contributed by atoms with Gasteiger partial charge in [0.05, 0.1) is 0 Å². The SMILES string of the molecule is CC(=O)Oc1cc(C(ON=C(C(=O)N[C@@H]2C(=O)N3C(C(=O)O)=C(CSc4cc(C)nc5nc(C(=O)O)nn45)CS[C@H]23)c2csc(N)n2)C(=O)O)cc(OC(C)=O)c1OC(C)=O. The summed E-state index contributed by atoms with van der Waals surface area (Å²) in [6, 6.07) is 2.17. The molecule has 0 saturated carbocycles. The molecule has 3 atom stereocenters. The predicted octanol–water partition coefficient (Wildman–Crippen LogP) is 1.02. The number of β-lactam (4-membered cyclic amide) rings is 1. The van der Waals surface area contributed by atoms with Gasteiger partial charge in [-0.15, -0.1) is 40.0 Å². The fourth-order valence-corrected chi connectivity index (χ4v) is 8.80. The molecule has 318 valence electrons. The second-order valence-electron chi connectivity index (χ2n) is 12.6. The first-order chi connectivity index (χ1) is 28.8. The number of thiazole rings is 1. The molecule has 1 saturated heterocycles. The smallest absolute Gasteiger partial charge is 0.375 e.